The van der Waals surface area contributed by atoms with E-state index in [9.17, 15) is 4.79 Å². The summed E-state index contributed by atoms with van der Waals surface area (Å²) in [5.74, 6) is 1.68. The third-order valence-electron chi connectivity index (χ3n) is 4.99. The zero-order valence-electron chi connectivity index (χ0n) is 15.8. The lowest BCUT2D eigenvalue weighted by Gasteiger charge is -2.33. The second-order valence-electron chi connectivity index (χ2n) is 6.76. The van der Waals surface area contributed by atoms with Gasteiger partial charge in [0.1, 0.15) is 11.5 Å². The molecule has 5 heteroatoms. The van der Waals surface area contributed by atoms with Crippen molar-refractivity contribution in [3.63, 3.8) is 0 Å². The Morgan fingerprint density at radius 3 is 2.84 bits per heavy atom. The second-order valence-corrected chi connectivity index (χ2v) is 6.76. The molecule has 2 rings (SSSR count). The average Bonchev–Trinajstić information content (AvgIpc) is 2.64. The number of rotatable bonds is 9. The summed E-state index contributed by atoms with van der Waals surface area (Å²) in [6, 6.07) is 6.37. The summed E-state index contributed by atoms with van der Waals surface area (Å²) in [6.45, 7) is 5.33. The molecule has 25 heavy (non-hydrogen) atoms. The number of piperidine rings is 1. The Labute approximate surface area is 151 Å². The van der Waals surface area contributed by atoms with Crippen molar-refractivity contribution in [1.29, 1.82) is 0 Å². The molecule has 0 aliphatic carbocycles. The van der Waals surface area contributed by atoms with Gasteiger partial charge in [0.15, 0.2) is 0 Å². The predicted octanol–water partition coefficient (Wildman–Crippen LogP) is 3.02. The molecule has 0 bridgehead atoms. The van der Waals surface area contributed by atoms with Crippen LogP contribution in [-0.4, -0.2) is 50.7 Å². The highest BCUT2D eigenvalue weighted by Crippen LogP contribution is 2.25. The van der Waals surface area contributed by atoms with Crippen molar-refractivity contribution in [2.45, 2.75) is 51.5 Å². The van der Waals surface area contributed by atoms with Crippen LogP contribution in [0.3, 0.4) is 0 Å². The molecule has 1 amide bonds. The summed E-state index contributed by atoms with van der Waals surface area (Å²) in [6.07, 6.45) is 6.08. The Morgan fingerprint density at radius 1 is 1.28 bits per heavy atom. The third kappa shape index (κ3) is 6.24. The molecule has 1 heterocycles. The molecule has 0 radical (unpaired) electrons. The maximum atomic E-state index is 12.1. The topological polar surface area (TPSA) is 50.8 Å². The quantitative estimate of drug-likeness (QED) is 0.697. The first-order valence-electron chi connectivity index (χ1n) is 9.35. The van der Waals surface area contributed by atoms with E-state index in [0.717, 1.165) is 36.6 Å². The summed E-state index contributed by atoms with van der Waals surface area (Å²) in [5.41, 5.74) is 0.999. The number of hydrogen-bond acceptors (Lipinski definition) is 4. The zero-order chi connectivity index (χ0) is 18.1. The van der Waals surface area contributed by atoms with Gasteiger partial charge < -0.3 is 19.7 Å². The average molecular weight is 348 g/mol. The van der Waals surface area contributed by atoms with Crippen LogP contribution in [0.4, 0.5) is 0 Å². The van der Waals surface area contributed by atoms with Crippen molar-refractivity contribution in [3.05, 3.63) is 23.8 Å². The number of nitrogens with one attached hydrogen (secondary N) is 1. The van der Waals surface area contributed by atoms with Crippen LogP contribution >= 0.6 is 0 Å². The lowest BCUT2D eigenvalue weighted by molar-refractivity contribution is -0.121. The number of benzene rings is 1. The fraction of sp³-hybridized carbons (Fsp3) is 0.650. The summed E-state index contributed by atoms with van der Waals surface area (Å²) >= 11 is 0. The van der Waals surface area contributed by atoms with E-state index in [-0.39, 0.29) is 5.91 Å². The van der Waals surface area contributed by atoms with E-state index in [1.54, 1.807) is 14.2 Å². The van der Waals surface area contributed by atoms with Crippen LogP contribution in [0.25, 0.3) is 0 Å². The van der Waals surface area contributed by atoms with Gasteiger partial charge in [0, 0.05) is 25.6 Å². The van der Waals surface area contributed by atoms with Crippen molar-refractivity contribution in [3.8, 4) is 11.5 Å². The Hall–Kier alpha value is -1.75. The van der Waals surface area contributed by atoms with E-state index in [1.807, 2.05) is 18.2 Å². The molecule has 0 spiro atoms. The van der Waals surface area contributed by atoms with Crippen molar-refractivity contribution in [2.24, 2.45) is 0 Å². The van der Waals surface area contributed by atoms with Crippen molar-refractivity contribution < 1.29 is 14.3 Å². The minimum absolute atomic E-state index is 0.0940. The van der Waals surface area contributed by atoms with Gasteiger partial charge in [0.25, 0.3) is 0 Å². The SMILES string of the molecule is COc1ccc(OC)c(CCC(=O)NCCCN2CCCCC2C)c1. The van der Waals surface area contributed by atoms with Crippen LogP contribution in [0, 0.1) is 0 Å². The van der Waals surface area contributed by atoms with Gasteiger partial charge in [0.2, 0.25) is 5.91 Å². The van der Waals surface area contributed by atoms with Gasteiger partial charge >= 0.3 is 0 Å². The Balaban J connectivity index is 1.68. The van der Waals surface area contributed by atoms with Crippen LogP contribution in [-0.2, 0) is 11.2 Å². The molecule has 0 aromatic heterocycles. The highest BCUT2D eigenvalue weighted by Gasteiger charge is 2.17. The first-order chi connectivity index (χ1) is 12.1. The van der Waals surface area contributed by atoms with Crippen LogP contribution in [0.1, 0.15) is 44.6 Å². The lowest BCUT2D eigenvalue weighted by Crippen LogP contribution is -2.39. The van der Waals surface area contributed by atoms with Crippen molar-refractivity contribution >= 4 is 5.91 Å². The van der Waals surface area contributed by atoms with Gasteiger partial charge in [-0.05, 0) is 62.9 Å². The van der Waals surface area contributed by atoms with Gasteiger partial charge in [-0.1, -0.05) is 6.42 Å². The fourth-order valence-corrected chi connectivity index (χ4v) is 3.41. The van der Waals surface area contributed by atoms with E-state index >= 15 is 0 Å². The van der Waals surface area contributed by atoms with Gasteiger partial charge in [-0.25, -0.2) is 0 Å². The van der Waals surface area contributed by atoms with Crippen molar-refractivity contribution in [1.82, 2.24) is 10.2 Å². The highest BCUT2D eigenvalue weighted by molar-refractivity contribution is 5.76. The summed E-state index contributed by atoms with van der Waals surface area (Å²) in [5, 5.41) is 3.04. The van der Waals surface area contributed by atoms with Crippen LogP contribution < -0.4 is 14.8 Å². The molecule has 1 aromatic rings. The van der Waals surface area contributed by atoms with E-state index in [2.05, 4.69) is 17.1 Å². The number of hydrogen-bond donors (Lipinski definition) is 1. The number of carbonyl (C=O) groups excluding carboxylic acids is 1. The summed E-state index contributed by atoms with van der Waals surface area (Å²) in [7, 11) is 3.29. The van der Waals surface area contributed by atoms with Crippen molar-refractivity contribution in [2.75, 3.05) is 33.9 Å². The van der Waals surface area contributed by atoms with E-state index in [1.165, 1.54) is 25.8 Å². The predicted molar refractivity (Wildman–Crippen MR) is 100 cm³/mol. The first-order valence-corrected chi connectivity index (χ1v) is 9.35. The number of likely N-dealkylation sites (tertiary alicyclic amines) is 1. The molecule has 1 N–H and O–H groups in total. The van der Waals surface area contributed by atoms with Gasteiger partial charge in [-0.15, -0.1) is 0 Å². The number of carbonyl (C=O) groups is 1. The number of amides is 1. The maximum Gasteiger partial charge on any atom is 0.220 e. The molecule has 1 aliphatic rings. The number of nitrogens with zero attached hydrogens (tertiary/aromatic N) is 1. The number of ether oxygens (including phenoxy) is 2. The molecule has 1 aromatic carbocycles. The third-order valence-corrected chi connectivity index (χ3v) is 4.99. The van der Waals surface area contributed by atoms with E-state index < -0.39 is 0 Å². The van der Waals surface area contributed by atoms with Crippen LogP contribution in [0.15, 0.2) is 18.2 Å². The molecule has 1 saturated heterocycles. The standard InChI is InChI=1S/C20H32N2O3/c1-16-7-4-5-13-22(16)14-6-12-21-20(23)11-8-17-15-18(24-2)9-10-19(17)25-3/h9-10,15-16H,4-8,11-14H2,1-3H3,(H,21,23). The Morgan fingerprint density at radius 2 is 2.12 bits per heavy atom. The first kappa shape index (κ1) is 19.6. The smallest absolute Gasteiger partial charge is 0.220 e. The Bertz CT molecular complexity index is 548. The minimum Gasteiger partial charge on any atom is -0.497 e. The van der Waals surface area contributed by atoms with Gasteiger partial charge in [0.05, 0.1) is 14.2 Å². The molecular formula is C20H32N2O3. The monoisotopic (exact) mass is 348 g/mol. The molecule has 1 atom stereocenters. The molecule has 1 aliphatic heterocycles. The second kappa shape index (κ2) is 10.3. The minimum atomic E-state index is 0.0940. The van der Waals surface area contributed by atoms with E-state index in [0.29, 0.717) is 18.9 Å². The van der Waals surface area contributed by atoms with Gasteiger partial charge in [-0.2, -0.15) is 0 Å². The summed E-state index contributed by atoms with van der Waals surface area (Å²) < 4.78 is 10.6. The Kier molecular flexibility index (Phi) is 8.06. The maximum absolute atomic E-state index is 12.1. The van der Waals surface area contributed by atoms with Crippen LogP contribution in [0.5, 0.6) is 11.5 Å². The highest BCUT2D eigenvalue weighted by atomic mass is 16.5. The lowest BCUT2D eigenvalue weighted by atomic mass is 10.0. The molecule has 1 fully saturated rings. The molecule has 140 valence electrons. The number of aryl methyl sites for hydroxylation is 1. The number of methoxy groups -OCH3 is 2. The summed E-state index contributed by atoms with van der Waals surface area (Å²) in [4.78, 5) is 14.6. The van der Waals surface area contributed by atoms with Gasteiger partial charge in [-0.3, -0.25) is 4.79 Å². The normalized spacial score (nSPS) is 18.0. The van der Waals surface area contributed by atoms with Crippen LogP contribution in [0.2, 0.25) is 0 Å². The molecule has 1 unspecified atom stereocenters. The van der Waals surface area contributed by atoms with E-state index in [4.69, 9.17) is 9.47 Å². The largest absolute Gasteiger partial charge is 0.497 e. The zero-order valence-corrected chi connectivity index (χ0v) is 15.8. The molecular weight excluding hydrogens is 316 g/mol. The molecule has 5 nitrogen and oxygen atoms in total. The fourth-order valence-electron chi connectivity index (χ4n) is 3.41. The molecule has 0 saturated carbocycles.